The molecule has 25 heavy (non-hydrogen) atoms. The molecular weight excluding hydrogens is 376 g/mol. The zero-order valence-corrected chi connectivity index (χ0v) is 15.5. The second kappa shape index (κ2) is 8.08. The molecule has 3 aromatic rings. The fourth-order valence-corrected chi connectivity index (χ4v) is 3.48. The lowest BCUT2D eigenvalue weighted by Crippen LogP contribution is -2.11. The van der Waals surface area contributed by atoms with Gasteiger partial charge in [-0.3, -0.25) is 4.98 Å². The van der Waals surface area contributed by atoms with Crippen LogP contribution in [0.3, 0.4) is 0 Å². The van der Waals surface area contributed by atoms with Gasteiger partial charge in [0.25, 0.3) is 0 Å². The van der Waals surface area contributed by atoms with Crippen molar-refractivity contribution in [3.63, 3.8) is 0 Å². The highest BCUT2D eigenvalue weighted by Gasteiger charge is 2.20. The lowest BCUT2D eigenvalue weighted by atomic mass is 9.83. The highest BCUT2D eigenvalue weighted by Crippen LogP contribution is 2.33. The third-order valence-corrected chi connectivity index (χ3v) is 4.84. The predicted octanol–water partition coefficient (Wildman–Crippen LogP) is 5.55. The molecule has 126 valence electrons. The number of halogens is 1. The summed E-state index contributed by atoms with van der Waals surface area (Å²) in [7, 11) is 0. The monoisotopic (exact) mass is 394 g/mol. The molecule has 0 fully saturated rings. The molecule has 0 bridgehead atoms. The zero-order valence-electron chi connectivity index (χ0n) is 13.9. The van der Waals surface area contributed by atoms with E-state index >= 15 is 0 Å². The molecule has 0 aliphatic rings. The van der Waals surface area contributed by atoms with Gasteiger partial charge in [-0.15, -0.1) is 0 Å². The van der Waals surface area contributed by atoms with Crippen LogP contribution >= 0.6 is 15.9 Å². The summed E-state index contributed by atoms with van der Waals surface area (Å²) in [5, 5.41) is 13.2. The second-order valence-electron chi connectivity index (χ2n) is 5.95. The molecule has 1 N–H and O–H groups in total. The van der Waals surface area contributed by atoms with E-state index in [2.05, 4.69) is 63.3 Å². The van der Waals surface area contributed by atoms with E-state index in [0.29, 0.717) is 12.1 Å². The fraction of sp³-hybridized carbons (Fsp3) is 0.143. The zero-order chi connectivity index (χ0) is 17.6. The quantitative estimate of drug-likeness (QED) is 0.350. The summed E-state index contributed by atoms with van der Waals surface area (Å²) >= 11 is 3.56. The minimum Gasteiger partial charge on any atom is -0.411 e. The number of rotatable bonds is 5. The Balaban J connectivity index is 2.04. The van der Waals surface area contributed by atoms with Gasteiger partial charge in [-0.2, -0.15) is 0 Å². The minimum absolute atomic E-state index is 0.0952. The van der Waals surface area contributed by atoms with Crippen molar-refractivity contribution in [3.8, 4) is 0 Å². The van der Waals surface area contributed by atoms with Crippen LogP contribution in [0.4, 0.5) is 0 Å². The van der Waals surface area contributed by atoms with Crippen LogP contribution in [0.1, 0.15) is 34.6 Å². The van der Waals surface area contributed by atoms with Crippen LogP contribution in [0.15, 0.2) is 82.7 Å². The van der Waals surface area contributed by atoms with E-state index in [1.165, 1.54) is 16.7 Å². The smallest absolute Gasteiger partial charge is 0.0878 e. The molecule has 3 nitrogen and oxygen atoms in total. The summed E-state index contributed by atoms with van der Waals surface area (Å²) in [6, 6.07) is 20.4. The van der Waals surface area contributed by atoms with Gasteiger partial charge in [-0.25, -0.2) is 0 Å². The van der Waals surface area contributed by atoms with Gasteiger partial charge in [0.1, 0.15) is 0 Å². The molecule has 0 amide bonds. The third kappa shape index (κ3) is 4.15. The summed E-state index contributed by atoms with van der Waals surface area (Å²) in [5.41, 5.74) is 5.16. The maximum atomic E-state index is 9.60. The SMILES string of the molecule is Cc1ccccc1C(C/C(=N\O)c1ccncc1)c1cccc(Br)c1. The van der Waals surface area contributed by atoms with Crippen molar-refractivity contribution in [3.05, 3.63) is 99.8 Å². The molecule has 0 spiro atoms. The van der Waals surface area contributed by atoms with Crippen LogP contribution in [-0.2, 0) is 0 Å². The molecule has 1 atom stereocenters. The Kier molecular flexibility index (Phi) is 5.61. The minimum atomic E-state index is 0.0952. The van der Waals surface area contributed by atoms with E-state index in [-0.39, 0.29) is 5.92 Å². The van der Waals surface area contributed by atoms with Gasteiger partial charge in [0.2, 0.25) is 0 Å². The first-order chi connectivity index (χ1) is 12.2. The Labute approximate surface area is 156 Å². The van der Waals surface area contributed by atoms with Crippen LogP contribution in [0.5, 0.6) is 0 Å². The number of hydrogen-bond acceptors (Lipinski definition) is 3. The number of aryl methyl sites for hydroxylation is 1. The Morgan fingerprint density at radius 3 is 2.52 bits per heavy atom. The molecule has 4 heteroatoms. The molecule has 1 heterocycles. The van der Waals surface area contributed by atoms with Crippen molar-refractivity contribution >= 4 is 21.6 Å². The molecule has 0 aliphatic carbocycles. The van der Waals surface area contributed by atoms with E-state index in [1.54, 1.807) is 12.4 Å². The van der Waals surface area contributed by atoms with E-state index in [0.717, 1.165) is 10.0 Å². The lowest BCUT2D eigenvalue weighted by Gasteiger charge is -2.21. The van der Waals surface area contributed by atoms with Crippen molar-refractivity contribution in [1.29, 1.82) is 0 Å². The topological polar surface area (TPSA) is 45.5 Å². The lowest BCUT2D eigenvalue weighted by molar-refractivity contribution is 0.317. The number of aromatic nitrogens is 1. The largest absolute Gasteiger partial charge is 0.411 e. The van der Waals surface area contributed by atoms with Crippen molar-refractivity contribution in [2.45, 2.75) is 19.3 Å². The van der Waals surface area contributed by atoms with Gasteiger partial charge < -0.3 is 5.21 Å². The Morgan fingerprint density at radius 2 is 1.84 bits per heavy atom. The summed E-state index contributed by atoms with van der Waals surface area (Å²) in [4.78, 5) is 4.04. The highest BCUT2D eigenvalue weighted by atomic mass is 79.9. The van der Waals surface area contributed by atoms with Gasteiger partial charge in [-0.05, 0) is 47.9 Å². The van der Waals surface area contributed by atoms with Crippen molar-refractivity contribution in [1.82, 2.24) is 4.98 Å². The van der Waals surface area contributed by atoms with Crippen LogP contribution in [0, 0.1) is 6.92 Å². The summed E-state index contributed by atoms with van der Waals surface area (Å²) in [5.74, 6) is 0.0952. The van der Waals surface area contributed by atoms with Gasteiger partial charge >= 0.3 is 0 Å². The summed E-state index contributed by atoms with van der Waals surface area (Å²) in [6.07, 6.45) is 4.02. The molecular formula is C21H19BrN2O. The maximum absolute atomic E-state index is 9.60. The van der Waals surface area contributed by atoms with Crippen LogP contribution in [-0.4, -0.2) is 15.9 Å². The van der Waals surface area contributed by atoms with Gasteiger partial charge in [-0.1, -0.05) is 57.5 Å². The average molecular weight is 395 g/mol. The maximum Gasteiger partial charge on any atom is 0.0878 e. The van der Waals surface area contributed by atoms with Crippen molar-refractivity contribution in [2.75, 3.05) is 0 Å². The Morgan fingerprint density at radius 1 is 1.08 bits per heavy atom. The van der Waals surface area contributed by atoms with E-state index in [4.69, 9.17) is 0 Å². The number of nitrogens with zero attached hydrogens (tertiary/aromatic N) is 2. The van der Waals surface area contributed by atoms with Crippen molar-refractivity contribution < 1.29 is 5.21 Å². The third-order valence-electron chi connectivity index (χ3n) is 4.35. The normalized spacial score (nSPS) is 12.8. The first-order valence-corrected chi connectivity index (χ1v) is 8.90. The molecule has 3 rings (SSSR count). The number of hydrogen-bond donors (Lipinski definition) is 1. The van der Waals surface area contributed by atoms with E-state index in [1.807, 2.05) is 30.3 Å². The number of oxime groups is 1. The molecule has 1 unspecified atom stereocenters. The summed E-state index contributed by atoms with van der Waals surface area (Å²) < 4.78 is 1.04. The standard InChI is InChI=1S/C21H19BrN2O/c1-15-5-2-3-8-19(15)20(17-6-4-7-18(22)13-17)14-21(24-25)16-9-11-23-12-10-16/h2-13,20,25H,14H2,1H3/b24-21+. The second-order valence-corrected chi connectivity index (χ2v) is 6.87. The predicted molar refractivity (Wildman–Crippen MR) is 104 cm³/mol. The molecule has 0 saturated heterocycles. The summed E-state index contributed by atoms with van der Waals surface area (Å²) in [6.45, 7) is 2.11. The highest BCUT2D eigenvalue weighted by molar-refractivity contribution is 9.10. The fourth-order valence-electron chi connectivity index (χ4n) is 3.06. The van der Waals surface area contributed by atoms with Crippen LogP contribution < -0.4 is 0 Å². The first kappa shape index (κ1) is 17.4. The van der Waals surface area contributed by atoms with E-state index < -0.39 is 0 Å². The number of pyridine rings is 1. The van der Waals surface area contributed by atoms with E-state index in [9.17, 15) is 5.21 Å². The molecule has 0 saturated carbocycles. The van der Waals surface area contributed by atoms with Crippen LogP contribution in [0.25, 0.3) is 0 Å². The van der Waals surface area contributed by atoms with Gasteiger partial charge in [0, 0.05) is 34.8 Å². The average Bonchev–Trinajstić information content (AvgIpc) is 2.64. The molecule has 0 radical (unpaired) electrons. The molecule has 2 aromatic carbocycles. The Bertz CT molecular complexity index is 878. The van der Waals surface area contributed by atoms with Gasteiger partial charge in [0.05, 0.1) is 5.71 Å². The molecule has 1 aromatic heterocycles. The first-order valence-electron chi connectivity index (χ1n) is 8.11. The van der Waals surface area contributed by atoms with Crippen molar-refractivity contribution in [2.24, 2.45) is 5.16 Å². The molecule has 0 aliphatic heterocycles. The number of benzene rings is 2. The van der Waals surface area contributed by atoms with Crippen LogP contribution in [0.2, 0.25) is 0 Å². The van der Waals surface area contributed by atoms with Gasteiger partial charge in [0.15, 0.2) is 0 Å². The Hall–Kier alpha value is -2.46.